The fraction of sp³-hybridized carbons (Fsp3) is 0.538. The highest BCUT2D eigenvalue weighted by molar-refractivity contribution is 5.39. The van der Waals surface area contributed by atoms with Crippen molar-refractivity contribution in [3.8, 4) is 0 Å². The second-order valence-corrected chi connectivity index (χ2v) is 4.80. The van der Waals surface area contributed by atoms with E-state index in [4.69, 9.17) is 10.8 Å². The fourth-order valence-electron chi connectivity index (χ4n) is 2.69. The number of fused-ring (bicyclic) bond motifs is 1. The molecule has 0 aromatic carbocycles. The van der Waals surface area contributed by atoms with Crippen LogP contribution >= 0.6 is 0 Å². The third-order valence-corrected chi connectivity index (χ3v) is 3.63. The third-order valence-electron chi connectivity index (χ3n) is 3.63. The van der Waals surface area contributed by atoms with Gasteiger partial charge in [0.25, 0.3) is 0 Å². The summed E-state index contributed by atoms with van der Waals surface area (Å²) in [6.45, 7) is 0.642. The van der Waals surface area contributed by atoms with E-state index in [9.17, 15) is 0 Å². The van der Waals surface area contributed by atoms with Crippen molar-refractivity contribution in [1.82, 2.24) is 14.6 Å². The van der Waals surface area contributed by atoms with E-state index < -0.39 is 0 Å². The lowest BCUT2D eigenvalue weighted by atomic mass is 10.0. The molecule has 1 aliphatic rings. The summed E-state index contributed by atoms with van der Waals surface area (Å²) < 4.78 is 1.96. The molecule has 0 unspecified atom stereocenters. The molecule has 2 N–H and O–H groups in total. The first-order valence-electron chi connectivity index (χ1n) is 6.42. The maximum atomic E-state index is 5.60. The molecule has 1 aliphatic carbocycles. The average Bonchev–Trinajstić information content (AvgIpc) is 2.98. The Kier molecular flexibility index (Phi) is 2.81. The average molecular weight is 230 g/mol. The zero-order chi connectivity index (χ0) is 11.7. The molecule has 2 aromatic heterocycles. The smallest absolute Gasteiger partial charge is 0.153 e. The lowest BCUT2D eigenvalue weighted by Gasteiger charge is -2.09. The van der Waals surface area contributed by atoms with Gasteiger partial charge in [-0.1, -0.05) is 12.8 Å². The van der Waals surface area contributed by atoms with Crippen LogP contribution in [0, 0.1) is 0 Å². The number of aromatic nitrogens is 3. The fourth-order valence-corrected chi connectivity index (χ4v) is 2.69. The molecule has 0 radical (unpaired) electrons. The summed E-state index contributed by atoms with van der Waals surface area (Å²) in [5.74, 6) is 0.646. The van der Waals surface area contributed by atoms with Crippen molar-refractivity contribution in [2.45, 2.75) is 38.0 Å². The molecule has 90 valence electrons. The van der Waals surface area contributed by atoms with Gasteiger partial charge in [-0.2, -0.15) is 5.10 Å². The Hall–Kier alpha value is -1.42. The minimum Gasteiger partial charge on any atom is -0.330 e. The van der Waals surface area contributed by atoms with E-state index in [0.29, 0.717) is 12.5 Å². The van der Waals surface area contributed by atoms with Gasteiger partial charge in [-0.25, -0.2) is 9.50 Å². The van der Waals surface area contributed by atoms with E-state index in [1.54, 1.807) is 0 Å². The molecule has 2 heterocycles. The summed E-state index contributed by atoms with van der Waals surface area (Å²) in [5.41, 5.74) is 8.86. The molecule has 1 fully saturated rings. The minimum absolute atomic E-state index is 0.642. The second-order valence-electron chi connectivity index (χ2n) is 4.80. The van der Waals surface area contributed by atoms with Crippen LogP contribution in [-0.2, 0) is 6.42 Å². The van der Waals surface area contributed by atoms with Crippen LogP contribution in [0.3, 0.4) is 0 Å². The maximum Gasteiger partial charge on any atom is 0.153 e. The third kappa shape index (κ3) is 1.93. The van der Waals surface area contributed by atoms with Crippen molar-refractivity contribution in [2.75, 3.05) is 6.54 Å². The highest BCUT2D eigenvalue weighted by Crippen LogP contribution is 2.32. The van der Waals surface area contributed by atoms with Gasteiger partial charge in [-0.15, -0.1) is 0 Å². The number of nitrogens with two attached hydrogens (primary N) is 1. The van der Waals surface area contributed by atoms with E-state index in [0.717, 1.165) is 17.8 Å². The molecular weight excluding hydrogens is 212 g/mol. The lowest BCUT2D eigenvalue weighted by Crippen LogP contribution is -2.08. The maximum absolute atomic E-state index is 5.60. The molecule has 0 atom stereocenters. The molecule has 0 saturated heterocycles. The molecule has 3 rings (SSSR count). The van der Waals surface area contributed by atoms with E-state index in [-0.39, 0.29) is 0 Å². The summed E-state index contributed by atoms with van der Waals surface area (Å²) in [5, 5.41) is 4.73. The van der Waals surface area contributed by atoms with Gasteiger partial charge in [0, 0.05) is 12.3 Å². The summed E-state index contributed by atoms with van der Waals surface area (Å²) in [7, 11) is 0. The van der Waals surface area contributed by atoms with Crippen molar-refractivity contribution in [3.05, 3.63) is 29.7 Å². The first kappa shape index (κ1) is 10.7. The summed E-state index contributed by atoms with van der Waals surface area (Å²) in [6.07, 6.45) is 7.95. The number of nitrogens with zero attached hydrogens (tertiary/aromatic N) is 3. The van der Waals surface area contributed by atoms with Crippen LogP contribution in [-0.4, -0.2) is 21.1 Å². The van der Waals surface area contributed by atoms with Crippen LogP contribution < -0.4 is 5.73 Å². The van der Waals surface area contributed by atoms with Crippen molar-refractivity contribution in [3.63, 3.8) is 0 Å². The zero-order valence-corrected chi connectivity index (χ0v) is 9.97. The number of hydrogen-bond donors (Lipinski definition) is 1. The number of rotatable bonds is 3. The summed E-state index contributed by atoms with van der Waals surface area (Å²) in [4.78, 5) is 4.35. The van der Waals surface area contributed by atoms with Crippen molar-refractivity contribution >= 4 is 5.65 Å². The summed E-state index contributed by atoms with van der Waals surface area (Å²) in [6, 6.07) is 4.20. The molecule has 0 spiro atoms. The first-order valence-corrected chi connectivity index (χ1v) is 6.42. The van der Waals surface area contributed by atoms with Gasteiger partial charge in [-0.3, -0.25) is 0 Å². The molecule has 0 amide bonds. The van der Waals surface area contributed by atoms with E-state index in [1.807, 2.05) is 10.7 Å². The van der Waals surface area contributed by atoms with Gasteiger partial charge < -0.3 is 5.73 Å². The normalized spacial score (nSPS) is 17.0. The predicted molar refractivity (Wildman–Crippen MR) is 67.0 cm³/mol. The van der Waals surface area contributed by atoms with Gasteiger partial charge in [0.2, 0.25) is 0 Å². The van der Waals surface area contributed by atoms with Gasteiger partial charge in [-0.05, 0) is 31.5 Å². The van der Waals surface area contributed by atoms with Gasteiger partial charge >= 0.3 is 0 Å². The monoisotopic (exact) mass is 230 g/mol. The topological polar surface area (TPSA) is 56.2 Å². The Labute approximate surface area is 101 Å². The zero-order valence-electron chi connectivity index (χ0n) is 9.97. The van der Waals surface area contributed by atoms with Crippen LogP contribution in [0.4, 0.5) is 0 Å². The highest BCUT2D eigenvalue weighted by Gasteiger charge is 2.19. The second kappa shape index (κ2) is 4.45. The molecule has 4 heteroatoms. The number of imidazole rings is 1. The van der Waals surface area contributed by atoms with Crippen molar-refractivity contribution < 1.29 is 0 Å². The largest absolute Gasteiger partial charge is 0.330 e. The van der Waals surface area contributed by atoms with Crippen LogP contribution in [0.15, 0.2) is 18.3 Å². The van der Waals surface area contributed by atoms with Crippen LogP contribution in [0.5, 0.6) is 0 Å². The van der Waals surface area contributed by atoms with Crippen LogP contribution in [0.25, 0.3) is 5.65 Å². The van der Waals surface area contributed by atoms with Crippen LogP contribution in [0.2, 0.25) is 0 Å². The van der Waals surface area contributed by atoms with E-state index >= 15 is 0 Å². The highest BCUT2D eigenvalue weighted by atomic mass is 15.3. The Morgan fingerprint density at radius 1 is 1.29 bits per heavy atom. The van der Waals surface area contributed by atoms with Crippen molar-refractivity contribution in [1.29, 1.82) is 0 Å². The van der Waals surface area contributed by atoms with Gasteiger partial charge in [0.15, 0.2) is 5.65 Å². The molecular formula is C13H18N4. The van der Waals surface area contributed by atoms with E-state index in [1.165, 1.54) is 31.4 Å². The Balaban J connectivity index is 2.00. The van der Waals surface area contributed by atoms with E-state index in [2.05, 4.69) is 17.1 Å². The molecule has 4 nitrogen and oxygen atoms in total. The molecule has 0 bridgehead atoms. The quantitative estimate of drug-likeness (QED) is 0.876. The standard InChI is InChI=1S/C13H18N4/c14-8-7-11-9-15-13-6-5-12(16-17(11)13)10-3-1-2-4-10/h5-6,9-10H,1-4,7-8,14H2. The Bertz CT molecular complexity index is 511. The van der Waals surface area contributed by atoms with Gasteiger partial charge in [0.05, 0.1) is 17.6 Å². The van der Waals surface area contributed by atoms with Crippen molar-refractivity contribution in [2.24, 2.45) is 5.73 Å². The lowest BCUT2D eigenvalue weighted by molar-refractivity contribution is 0.664. The predicted octanol–water partition coefficient (Wildman–Crippen LogP) is 1.89. The molecule has 1 saturated carbocycles. The molecule has 0 aliphatic heterocycles. The molecule has 17 heavy (non-hydrogen) atoms. The number of hydrogen-bond acceptors (Lipinski definition) is 3. The Morgan fingerprint density at radius 3 is 2.88 bits per heavy atom. The first-order chi connectivity index (χ1) is 8.38. The van der Waals surface area contributed by atoms with Gasteiger partial charge in [0.1, 0.15) is 0 Å². The summed E-state index contributed by atoms with van der Waals surface area (Å²) >= 11 is 0. The molecule has 2 aromatic rings. The SMILES string of the molecule is NCCc1cnc2ccc(C3CCCC3)nn12. The minimum atomic E-state index is 0.642. The Morgan fingerprint density at radius 2 is 2.12 bits per heavy atom. The van der Waals surface area contributed by atoms with Crippen LogP contribution in [0.1, 0.15) is 43.0 Å².